The number of pyridine rings is 1. The highest BCUT2D eigenvalue weighted by Gasteiger charge is 2.20. The summed E-state index contributed by atoms with van der Waals surface area (Å²) in [7, 11) is 4.88. The summed E-state index contributed by atoms with van der Waals surface area (Å²) in [6, 6.07) is 6.51. The summed E-state index contributed by atoms with van der Waals surface area (Å²) >= 11 is 0. The van der Waals surface area contributed by atoms with Crippen LogP contribution >= 0.6 is 0 Å². The minimum atomic E-state index is 0.482. The van der Waals surface area contributed by atoms with Crippen LogP contribution < -0.4 is 19.5 Å². The molecular formula is C22H27N3O3. The van der Waals surface area contributed by atoms with E-state index in [2.05, 4.69) is 21.4 Å². The van der Waals surface area contributed by atoms with E-state index < -0.39 is 0 Å². The zero-order valence-corrected chi connectivity index (χ0v) is 16.7. The first-order chi connectivity index (χ1) is 13.7. The van der Waals surface area contributed by atoms with Crippen LogP contribution in [0.15, 0.2) is 30.6 Å². The van der Waals surface area contributed by atoms with Crippen molar-refractivity contribution < 1.29 is 14.2 Å². The number of hydrogen-bond acceptors (Lipinski definition) is 5. The number of ether oxygens (including phenoxy) is 3. The van der Waals surface area contributed by atoms with E-state index in [0.29, 0.717) is 23.3 Å². The van der Waals surface area contributed by atoms with E-state index in [-0.39, 0.29) is 0 Å². The van der Waals surface area contributed by atoms with Gasteiger partial charge in [-0.25, -0.2) is 4.98 Å². The van der Waals surface area contributed by atoms with Gasteiger partial charge in [-0.3, -0.25) is 0 Å². The number of hydrogen-bond donors (Lipinski definition) is 2. The highest BCUT2D eigenvalue weighted by molar-refractivity contribution is 5.98. The molecule has 0 unspecified atom stereocenters. The van der Waals surface area contributed by atoms with Gasteiger partial charge >= 0.3 is 0 Å². The predicted molar refractivity (Wildman–Crippen MR) is 112 cm³/mol. The van der Waals surface area contributed by atoms with Crippen LogP contribution in [0.5, 0.6) is 17.2 Å². The lowest BCUT2D eigenvalue weighted by Crippen LogP contribution is -2.22. The molecule has 6 heteroatoms. The summed E-state index contributed by atoms with van der Waals surface area (Å²) in [6.45, 7) is 0. The minimum Gasteiger partial charge on any atom is -0.493 e. The first-order valence-electron chi connectivity index (χ1n) is 9.78. The van der Waals surface area contributed by atoms with Gasteiger partial charge in [0.15, 0.2) is 11.5 Å². The van der Waals surface area contributed by atoms with E-state index >= 15 is 0 Å². The maximum absolute atomic E-state index is 5.55. The third kappa shape index (κ3) is 3.35. The fraction of sp³-hybridized carbons (Fsp3) is 0.409. The summed E-state index contributed by atoms with van der Waals surface area (Å²) in [5, 5.41) is 4.90. The smallest absolute Gasteiger partial charge is 0.203 e. The molecule has 0 atom stereocenters. The molecule has 6 nitrogen and oxygen atoms in total. The molecule has 1 aromatic carbocycles. The molecule has 1 aliphatic carbocycles. The van der Waals surface area contributed by atoms with E-state index in [1.807, 2.05) is 24.5 Å². The molecule has 1 aliphatic rings. The van der Waals surface area contributed by atoms with Gasteiger partial charge in [-0.1, -0.05) is 19.3 Å². The van der Waals surface area contributed by atoms with Gasteiger partial charge in [0.25, 0.3) is 0 Å². The van der Waals surface area contributed by atoms with Crippen LogP contribution in [0.2, 0.25) is 0 Å². The van der Waals surface area contributed by atoms with Crippen molar-refractivity contribution in [1.82, 2.24) is 9.97 Å². The van der Waals surface area contributed by atoms with E-state index in [1.165, 1.54) is 32.1 Å². The molecule has 0 radical (unpaired) electrons. The highest BCUT2D eigenvalue weighted by Crippen LogP contribution is 2.44. The molecule has 1 saturated carbocycles. The first-order valence-corrected chi connectivity index (χ1v) is 9.78. The number of rotatable bonds is 6. The SMILES string of the molecule is COc1cc(-c2cnc3[nH]ccc3c2NC2CCCCC2)cc(OC)c1OC. The van der Waals surface area contributed by atoms with Crippen molar-refractivity contribution in [3.63, 3.8) is 0 Å². The summed E-state index contributed by atoms with van der Waals surface area (Å²) in [6.07, 6.45) is 10.1. The normalized spacial score (nSPS) is 14.8. The summed E-state index contributed by atoms with van der Waals surface area (Å²) < 4.78 is 16.6. The van der Waals surface area contributed by atoms with Crippen molar-refractivity contribution in [3.8, 4) is 28.4 Å². The number of nitrogens with one attached hydrogen (secondary N) is 2. The lowest BCUT2D eigenvalue weighted by molar-refractivity contribution is 0.324. The molecule has 28 heavy (non-hydrogen) atoms. The number of aromatic nitrogens is 2. The number of H-pyrrole nitrogens is 1. The molecule has 4 rings (SSSR count). The van der Waals surface area contributed by atoms with Crippen LogP contribution in [-0.4, -0.2) is 37.3 Å². The molecule has 148 valence electrons. The second-order valence-electron chi connectivity index (χ2n) is 7.18. The predicted octanol–water partition coefficient (Wildman–Crippen LogP) is 5.00. The molecule has 0 saturated heterocycles. The van der Waals surface area contributed by atoms with Crippen LogP contribution in [0, 0.1) is 0 Å². The van der Waals surface area contributed by atoms with Crippen LogP contribution in [0.4, 0.5) is 5.69 Å². The Morgan fingerprint density at radius 1 is 1.00 bits per heavy atom. The van der Waals surface area contributed by atoms with Gasteiger partial charge in [-0.15, -0.1) is 0 Å². The van der Waals surface area contributed by atoms with E-state index in [4.69, 9.17) is 14.2 Å². The number of benzene rings is 1. The Labute approximate surface area is 165 Å². The number of nitrogens with zero attached hydrogens (tertiary/aromatic N) is 1. The lowest BCUT2D eigenvalue weighted by Gasteiger charge is -2.26. The van der Waals surface area contributed by atoms with Gasteiger partial charge in [-0.05, 0) is 36.6 Å². The van der Waals surface area contributed by atoms with Crippen molar-refractivity contribution in [2.45, 2.75) is 38.1 Å². The second-order valence-corrected chi connectivity index (χ2v) is 7.18. The fourth-order valence-electron chi connectivity index (χ4n) is 4.07. The number of aromatic amines is 1. The molecule has 0 spiro atoms. The fourth-order valence-corrected chi connectivity index (χ4v) is 4.07. The zero-order chi connectivity index (χ0) is 19.5. The van der Waals surface area contributed by atoms with Crippen LogP contribution in [0.25, 0.3) is 22.2 Å². The molecule has 1 fully saturated rings. The summed E-state index contributed by atoms with van der Waals surface area (Å²) in [5.41, 5.74) is 3.99. The molecule has 3 aromatic rings. The Balaban J connectivity index is 1.85. The Morgan fingerprint density at radius 3 is 2.36 bits per heavy atom. The van der Waals surface area contributed by atoms with Gasteiger partial charge < -0.3 is 24.5 Å². The van der Waals surface area contributed by atoms with Gasteiger partial charge in [-0.2, -0.15) is 0 Å². The topological polar surface area (TPSA) is 68.4 Å². The Hall–Kier alpha value is -2.89. The molecule has 2 aromatic heterocycles. The van der Waals surface area contributed by atoms with Gasteiger partial charge in [0.1, 0.15) is 5.65 Å². The van der Waals surface area contributed by atoms with Crippen molar-refractivity contribution in [3.05, 3.63) is 30.6 Å². The van der Waals surface area contributed by atoms with Gasteiger partial charge in [0.2, 0.25) is 5.75 Å². The molecule has 2 heterocycles. The summed E-state index contributed by atoms with van der Waals surface area (Å²) in [5.74, 6) is 1.86. The number of methoxy groups -OCH3 is 3. The van der Waals surface area contributed by atoms with Crippen molar-refractivity contribution in [2.75, 3.05) is 26.6 Å². The Bertz CT molecular complexity index is 936. The maximum Gasteiger partial charge on any atom is 0.203 e. The average molecular weight is 381 g/mol. The van der Waals surface area contributed by atoms with Crippen LogP contribution in [-0.2, 0) is 0 Å². The third-order valence-corrected chi connectivity index (χ3v) is 5.52. The monoisotopic (exact) mass is 381 g/mol. The lowest BCUT2D eigenvalue weighted by atomic mass is 9.94. The quantitative estimate of drug-likeness (QED) is 0.629. The average Bonchev–Trinajstić information content (AvgIpc) is 3.23. The van der Waals surface area contributed by atoms with Crippen LogP contribution in [0.3, 0.4) is 0 Å². The van der Waals surface area contributed by atoms with Gasteiger partial charge in [0, 0.05) is 29.4 Å². The number of fused-ring (bicyclic) bond motifs is 1. The summed E-state index contributed by atoms with van der Waals surface area (Å²) in [4.78, 5) is 7.84. The second kappa shape index (κ2) is 8.00. The van der Waals surface area contributed by atoms with E-state index in [0.717, 1.165) is 27.8 Å². The third-order valence-electron chi connectivity index (χ3n) is 5.52. The first kappa shape index (κ1) is 18.5. The highest BCUT2D eigenvalue weighted by atomic mass is 16.5. The van der Waals surface area contributed by atoms with Crippen molar-refractivity contribution >= 4 is 16.7 Å². The molecule has 0 aliphatic heterocycles. The van der Waals surface area contributed by atoms with E-state index in [9.17, 15) is 0 Å². The van der Waals surface area contributed by atoms with Crippen LogP contribution in [0.1, 0.15) is 32.1 Å². The minimum absolute atomic E-state index is 0.482. The zero-order valence-electron chi connectivity index (χ0n) is 16.7. The maximum atomic E-state index is 5.55. The Kier molecular flexibility index (Phi) is 5.28. The van der Waals surface area contributed by atoms with E-state index in [1.54, 1.807) is 21.3 Å². The van der Waals surface area contributed by atoms with Crippen molar-refractivity contribution in [2.24, 2.45) is 0 Å². The molecule has 2 N–H and O–H groups in total. The molecule has 0 amide bonds. The Morgan fingerprint density at radius 2 is 1.71 bits per heavy atom. The molecule has 0 bridgehead atoms. The largest absolute Gasteiger partial charge is 0.493 e. The molecular weight excluding hydrogens is 354 g/mol. The number of anilines is 1. The van der Waals surface area contributed by atoms with Crippen molar-refractivity contribution in [1.29, 1.82) is 0 Å². The van der Waals surface area contributed by atoms with Gasteiger partial charge in [0.05, 0.1) is 27.0 Å². The standard InChI is InChI=1S/C22H27N3O3/c1-26-18-11-14(12-19(27-2)21(18)28-3)17-13-24-22-16(9-10-23-22)20(17)25-15-7-5-4-6-8-15/h9-13,15H,4-8H2,1-3H3,(H2,23,24,25).